The third-order valence-electron chi connectivity index (χ3n) is 1.94. The summed E-state index contributed by atoms with van der Waals surface area (Å²) in [5.74, 6) is -1.11. The summed E-state index contributed by atoms with van der Waals surface area (Å²) in [5, 5.41) is 9.34. The Morgan fingerprint density at radius 2 is 2.12 bits per heavy atom. The summed E-state index contributed by atoms with van der Waals surface area (Å²) < 4.78 is 7.80. The fraction of sp³-hybridized carbons (Fsp3) is 0. The monoisotopic (exact) mass is 274 g/mol. The molecule has 0 aliphatic rings. The van der Waals surface area contributed by atoms with E-state index in [1.807, 2.05) is 0 Å². The van der Waals surface area contributed by atoms with Crippen LogP contribution in [-0.2, 0) is 0 Å². The first-order valence-corrected chi connectivity index (χ1v) is 5.59. The van der Waals surface area contributed by atoms with Crippen molar-refractivity contribution in [1.29, 1.82) is 0 Å². The highest BCUT2D eigenvalue weighted by molar-refractivity contribution is 6.99. The van der Waals surface area contributed by atoms with Gasteiger partial charge in [0, 0.05) is 5.56 Å². The van der Waals surface area contributed by atoms with E-state index in [0.717, 1.165) is 11.7 Å². The molecule has 0 radical (unpaired) electrons. The quantitative estimate of drug-likeness (QED) is 0.914. The summed E-state index contributed by atoms with van der Waals surface area (Å²) in [6, 6.07) is 2.84. The molecule has 2 rings (SSSR count). The number of carboxylic acid groups (broad SMARTS) is 1. The second kappa shape index (κ2) is 4.37. The summed E-state index contributed by atoms with van der Waals surface area (Å²) >= 11 is 12.9. The Bertz CT molecular complexity index is 543. The minimum Gasteiger partial charge on any atom is -0.478 e. The van der Waals surface area contributed by atoms with E-state index < -0.39 is 5.97 Å². The van der Waals surface area contributed by atoms with Crippen LogP contribution in [0.1, 0.15) is 10.4 Å². The second-order valence-corrected chi connectivity index (χ2v) is 4.22. The van der Waals surface area contributed by atoms with Gasteiger partial charge in [-0.1, -0.05) is 23.2 Å². The predicted octanol–water partition coefficient (Wildman–Crippen LogP) is 3.21. The fourth-order valence-corrected chi connectivity index (χ4v) is 2.29. The van der Waals surface area contributed by atoms with Crippen molar-refractivity contribution in [3.8, 4) is 11.3 Å². The molecule has 1 aromatic carbocycles. The molecule has 0 amide bonds. The molecule has 16 heavy (non-hydrogen) atoms. The average molecular weight is 275 g/mol. The minimum atomic E-state index is -1.11. The number of hydrogen-bond donors (Lipinski definition) is 1. The van der Waals surface area contributed by atoms with E-state index in [1.165, 1.54) is 18.3 Å². The van der Waals surface area contributed by atoms with Gasteiger partial charge in [0.2, 0.25) is 0 Å². The van der Waals surface area contributed by atoms with Gasteiger partial charge in [0.25, 0.3) is 0 Å². The van der Waals surface area contributed by atoms with Crippen molar-refractivity contribution in [2.24, 2.45) is 0 Å². The van der Waals surface area contributed by atoms with Crippen LogP contribution in [0.3, 0.4) is 0 Å². The number of rotatable bonds is 2. The summed E-state index contributed by atoms with van der Waals surface area (Å²) in [5.41, 5.74) is 0.870. The van der Waals surface area contributed by atoms with E-state index in [1.54, 1.807) is 0 Å². The molecule has 0 fully saturated rings. The summed E-state index contributed by atoms with van der Waals surface area (Å²) in [7, 11) is 0. The van der Waals surface area contributed by atoms with Gasteiger partial charge >= 0.3 is 5.97 Å². The zero-order chi connectivity index (χ0) is 11.7. The van der Waals surface area contributed by atoms with Crippen LogP contribution in [0.5, 0.6) is 0 Å². The lowest BCUT2D eigenvalue weighted by Gasteiger charge is -2.06. The standard InChI is InChI=1S/C9H4Cl2N2O2S/c10-5-2-1-4(9(14)15)8(11)7(5)6-3-12-16-13-6/h1-3H,(H,14,15). The van der Waals surface area contributed by atoms with Crippen LogP contribution >= 0.6 is 34.9 Å². The molecule has 0 aliphatic heterocycles. The topological polar surface area (TPSA) is 63.1 Å². The molecular weight excluding hydrogens is 271 g/mol. The average Bonchev–Trinajstić information content (AvgIpc) is 2.70. The van der Waals surface area contributed by atoms with Crippen LogP contribution in [0, 0.1) is 0 Å². The number of aromatic carboxylic acids is 1. The fourth-order valence-electron chi connectivity index (χ4n) is 1.23. The molecule has 0 saturated carbocycles. The van der Waals surface area contributed by atoms with Crippen LogP contribution < -0.4 is 0 Å². The lowest BCUT2D eigenvalue weighted by Crippen LogP contribution is -1.98. The van der Waals surface area contributed by atoms with E-state index >= 15 is 0 Å². The Morgan fingerprint density at radius 3 is 2.69 bits per heavy atom. The smallest absolute Gasteiger partial charge is 0.337 e. The highest BCUT2D eigenvalue weighted by Crippen LogP contribution is 2.36. The van der Waals surface area contributed by atoms with E-state index in [-0.39, 0.29) is 10.6 Å². The first-order valence-electron chi connectivity index (χ1n) is 4.10. The number of carbonyl (C=O) groups is 1. The Balaban J connectivity index is 2.69. The van der Waals surface area contributed by atoms with Gasteiger partial charge in [-0.3, -0.25) is 0 Å². The molecule has 1 aromatic heterocycles. The summed E-state index contributed by atoms with van der Waals surface area (Å²) in [4.78, 5) is 10.9. The lowest BCUT2D eigenvalue weighted by atomic mass is 10.1. The number of benzene rings is 1. The number of nitrogens with zero attached hydrogens (tertiary/aromatic N) is 2. The van der Waals surface area contributed by atoms with Crippen molar-refractivity contribution in [3.63, 3.8) is 0 Å². The molecule has 1 N–H and O–H groups in total. The van der Waals surface area contributed by atoms with Crippen molar-refractivity contribution in [2.75, 3.05) is 0 Å². The molecule has 7 heteroatoms. The zero-order valence-electron chi connectivity index (χ0n) is 7.65. The van der Waals surface area contributed by atoms with Crippen LogP contribution in [0.4, 0.5) is 0 Å². The van der Waals surface area contributed by atoms with Gasteiger partial charge < -0.3 is 5.11 Å². The SMILES string of the molecule is O=C(O)c1ccc(Cl)c(-c2cnsn2)c1Cl. The van der Waals surface area contributed by atoms with Gasteiger partial charge in [0.15, 0.2) is 0 Å². The summed E-state index contributed by atoms with van der Waals surface area (Å²) in [6.45, 7) is 0. The molecule has 82 valence electrons. The summed E-state index contributed by atoms with van der Waals surface area (Å²) in [6.07, 6.45) is 1.49. The Morgan fingerprint density at radius 1 is 1.38 bits per heavy atom. The Kier molecular flexibility index (Phi) is 3.09. The molecular formula is C9H4Cl2N2O2S. The van der Waals surface area contributed by atoms with Crippen molar-refractivity contribution < 1.29 is 9.90 Å². The molecule has 0 bridgehead atoms. The maximum absolute atomic E-state index is 10.9. The zero-order valence-corrected chi connectivity index (χ0v) is 9.97. The molecule has 0 spiro atoms. The number of halogens is 2. The normalized spacial score (nSPS) is 10.4. The number of carboxylic acids is 1. The van der Waals surface area contributed by atoms with Crippen molar-refractivity contribution >= 4 is 40.9 Å². The van der Waals surface area contributed by atoms with Crippen LogP contribution in [-0.4, -0.2) is 19.8 Å². The minimum absolute atomic E-state index is 0.00549. The van der Waals surface area contributed by atoms with Crippen molar-refractivity contribution in [3.05, 3.63) is 33.9 Å². The van der Waals surface area contributed by atoms with Crippen LogP contribution in [0.25, 0.3) is 11.3 Å². The number of aromatic nitrogens is 2. The highest BCUT2D eigenvalue weighted by atomic mass is 35.5. The first kappa shape index (κ1) is 11.3. The van der Waals surface area contributed by atoms with E-state index in [2.05, 4.69) is 8.75 Å². The van der Waals surface area contributed by atoms with Crippen molar-refractivity contribution in [1.82, 2.24) is 8.75 Å². The van der Waals surface area contributed by atoms with Crippen LogP contribution in [0.2, 0.25) is 10.0 Å². The maximum atomic E-state index is 10.9. The highest BCUT2D eigenvalue weighted by Gasteiger charge is 2.18. The van der Waals surface area contributed by atoms with Gasteiger partial charge in [-0.2, -0.15) is 8.75 Å². The van der Waals surface area contributed by atoms with Gasteiger partial charge in [-0.15, -0.1) is 0 Å². The predicted molar refractivity (Wildman–Crippen MR) is 62.3 cm³/mol. The second-order valence-electron chi connectivity index (χ2n) is 2.88. The Hall–Kier alpha value is -1.17. The molecule has 4 nitrogen and oxygen atoms in total. The first-order chi connectivity index (χ1) is 7.61. The molecule has 0 atom stereocenters. The molecule has 0 saturated heterocycles. The molecule has 0 aliphatic carbocycles. The van der Waals surface area contributed by atoms with E-state index in [4.69, 9.17) is 28.3 Å². The largest absolute Gasteiger partial charge is 0.478 e. The third-order valence-corrected chi connectivity index (χ3v) is 3.12. The molecule has 1 heterocycles. The van der Waals surface area contributed by atoms with Gasteiger partial charge in [-0.05, 0) is 12.1 Å². The van der Waals surface area contributed by atoms with Gasteiger partial charge in [-0.25, -0.2) is 4.79 Å². The van der Waals surface area contributed by atoms with E-state index in [9.17, 15) is 4.79 Å². The third kappa shape index (κ3) is 1.89. The molecule has 2 aromatic rings. The van der Waals surface area contributed by atoms with Gasteiger partial charge in [0.05, 0.1) is 33.5 Å². The van der Waals surface area contributed by atoms with E-state index in [0.29, 0.717) is 16.3 Å². The van der Waals surface area contributed by atoms with Gasteiger partial charge in [0.1, 0.15) is 5.69 Å². The lowest BCUT2D eigenvalue weighted by molar-refractivity contribution is 0.0697. The van der Waals surface area contributed by atoms with Crippen LogP contribution in [0.15, 0.2) is 18.3 Å². The number of hydrogen-bond acceptors (Lipinski definition) is 4. The molecule has 0 unspecified atom stereocenters. The van der Waals surface area contributed by atoms with Crippen molar-refractivity contribution in [2.45, 2.75) is 0 Å². The Labute approximate surface area is 105 Å². The maximum Gasteiger partial charge on any atom is 0.337 e.